The van der Waals surface area contributed by atoms with E-state index in [1.54, 1.807) is 48.5 Å². The third-order valence-electron chi connectivity index (χ3n) is 4.01. The number of ether oxygens (including phenoxy) is 4. The lowest BCUT2D eigenvalue weighted by Gasteiger charge is -2.22. The van der Waals surface area contributed by atoms with E-state index in [4.69, 9.17) is 18.9 Å². The third kappa shape index (κ3) is 6.28. The Labute approximate surface area is 170 Å². The zero-order valence-electron chi connectivity index (χ0n) is 16.3. The van der Waals surface area contributed by atoms with Gasteiger partial charge in [-0.3, -0.25) is 0 Å². The van der Waals surface area contributed by atoms with Gasteiger partial charge in [-0.05, 0) is 42.8 Å². The molecule has 5 nitrogen and oxygen atoms in total. The number of carbonyl (C=O) groups is 1. The average molecular weight is 392 g/mol. The molecule has 29 heavy (non-hydrogen) atoms. The van der Waals surface area contributed by atoms with Crippen molar-refractivity contribution in [1.82, 2.24) is 0 Å². The van der Waals surface area contributed by atoms with Crippen LogP contribution in [-0.2, 0) is 4.74 Å². The molecular formula is C24H24O5. The topological polar surface area (TPSA) is 54.0 Å². The van der Waals surface area contributed by atoms with Crippen molar-refractivity contribution in [3.63, 3.8) is 0 Å². The molecule has 0 spiro atoms. The van der Waals surface area contributed by atoms with Gasteiger partial charge in [-0.1, -0.05) is 61.9 Å². The Bertz CT molecular complexity index is 839. The van der Waals surface area contributed by atoms with E-state index in [0.29, 0.717) is 29.4 Å². The number of rotatable bonds is 10. The Morgan fingerprint density at radius 3 is 1.90 bits per heavy atom. The van der Waals surface area contributed by atoms with Crippen LogP contribution in [0.3, 0.4) is 0 Å². The summed E-state index contributed by atoms with van der Waals surface area (Å²) in [5.74, 6) is 1.05. The summed E-state index contributed by atoms with van der Waals surface area (Å²) >= 11 is 0. The maximum Gasteiger partial charge on any atom is 0.406 e. The van der Waals surface area contributed by atoms with Crippen LogP contribution in [0.2, 0.25) is 0 Å². The van der Waals surface area contributed by atoms with Crippen LogP contribution in [-0.4, -0.2) is 19.1 Å². The fraction of sp³-hybridized carbons (Fsp3) is 0.208. The first-order valence-corrected chi connectivity index (χ1v) is 9.62. The van der Waals surface area contributed by atoms with Crippen molar-refractivity contribution in [2.24, 2.45) is 0 Å². The molecule has 0 N–H and O–H groups in total. The highest BCUT2D eigenvalue weighted by Crippen LogP contribution is 2.23. The van der Waals surface area contributed by atoms with Gasteiger partial charge in [-0.2, -0.15) is 0 Å². The predicted molar refractivity (Wildman–Crippen MR) is 110 cm³/mol. The second-order valence-electron chi connectivity index (χ2n) is 6.25. The molecule has 0 aliphatic rings. The summed E-state index contributed by atoms with van der Waals surface area (Å²) < 4.78 is 23.0. The smallest absolute Gasteiger partial charge is 0.406 e. The SMILES string of the molecule is CCCCOC(=O)c1ccccc1OC(Oc1ccccc1)Oc1ccccc1. The van der Waals surface area contributed by atoms with Crippen LogP contribution in [0.4, 0.5) is 0 Å². The maximum absolute atomic E-state index is 12.5. The molecule has 0 amide bonds. The maximum atomic E-state index is 12.5. The van der Waals surface area contributed by atoms with Crippen molar-refractivity contribution in [3.8, 4) is 17.2 Å². The molecule has 0 fully saturated rings. The molecule has 0 saturated heterocycles. The van der Waals surface area contributed by atoms with Crippen LogP contribution in [0.1, 0.15) is 30.1 Å². The zero-order chi connectivity index (χ0) is 20.3. The summed E-state index contributed by atoms with van der Waals surface area (Å²) in [5.41, 5.74) is 0.321. The standard InChI is InChI=1S/C24H24O5/c1-2-3-18-26-23(25)21-16-10-11-17-22(21)29-24(27-19-12-6-4-7-13-19)28-20-14-8-5-9-15-20/h4-17,24H,2-3,18H2,1H3. The van der Waals surface area contributed by atoms with Gasteiger partial charge in [-0.15, -0.1) is 0 Å². The lowest BCUT2D eigenvalue weighted by molar-refractivity contribution is -0.140. The third-order valence-corrected chi connectivity index (χ3v) is 4.01. The van der Waals surface area contributed by atoms with Crippen molar-refractivity contribution < 1.29 is 23.7 Å². The first-order valence-electron chi connectivity index (χ1n) is 9.62. The number of hydrogen-bond acceptors (Lipinski definition) is 5. The van der Waals surface area contributed by atoms with Crippen LogP contribution in [0.15, 0.2) is 84.9 Å². The van der Waals surface area contributed by atoms with Crippen LogP contribution in [0.25, 0.3) is 0 Å². The van der Waals surface area contributed by atoms with E-state index in [1.807, 2.05) is 43.3 Å². The van der Waals surface area contributed by atoms with Gasteiger partial charge < -0.3 is 18.9 Å². The van der Waals surface area contributed by atoms with Gasteiger partial charge in [0.2, 0.25) is 0 Å². The first-order chi connectivity index (χ1) is 14.3. The van der Waals surface area contributed by atoms with Gasteiger partial charge in [0.05, 0.1) is 6.61 Å². The Hall–Kier alpha value is -3.47. The number of esters is 1. The number of benzene rings is 3. The Balaban J connectivity index is 1.79. The molecule has 5 heteroatoms. The molecule has 0 aliphatic carbocycles. The second kappa shape index (κ2) is 10.8. The molecule has 0 unspecified atom stereocenters. The number of unbranched alkanes of at least 4 members (excludes halogenated alkanes) is 1. The highest BCUT2D eigenvalue weighted by molar-refractivity contribution is 5.92. The van der Waals surface area contributed by atoms with Crippen LogP contribution in [0, 0.1) is 0 Å². The summed E-state index contributed by atoms with van der Waals surface area (Å²) in [5, 5.41) is 0. The van der Waals surface area contributed by atoms with Gasteiger partial charge >= 0.3 is 12.4 Å². The number of para-hydroxylation sites is 3. The predicted octanol–water partition coefficient (Wildman–Crippen LogP) is 5.46. The second-order valence-corrected chi connectivity index (χ2v) is 6.25. The Kier molecular flexibility index (Phi) is 7.52. The fourth-order valence-electron chi connectivity index (χ4n) is 2.52. The molecule has 0 radical (unpaired) electrons. The monoisotopic (exact) mass is 392 g/mol. The average Bonchev–Trinajstić information content (AvgIpc) is 2.75. The quantitative estimate of drug-likeness (QED) is 0.260. The molecule has 0 aliphatic heterocycles. The summed E-state index contributed by atoms with van der Waals surface area (Å²) in [6.07, 6.45) is 1.76. The van der Waals surface area contributed by atoms with Crippen molar-refractivity contribution in [3.05, 3.63) is 90.5 Å². The number of carbonyl (C=O) groups excluding carboxylic acids is 1. The van der Waals surface area contributed by atoms with Gasteiger partial charge in [-0.25, -0.2) is 4.79 Å². The van der Waals surface area contributed by atoms with Crippen molar-refractivity contribution in [1.29, 1.82) is 0 Å². The first kappa shape index (κ1) is 20.3. The minimum Gasteiger partial charge on any atom is -0.462 e. The number of hydrogen-bond donors (Lipinski definition) is 0. The molecule has 0 aromatic heterocycles. The molecule has 0 heterocycles. The van der Waals surface area contributed by atoms with Crippen LogP contribution in [0.5, 0.6) is 17.2 Å². The van der Waals surface area contributed by atoms with E-state index in [2.05, 4.69) is 0 Å². The molecule has 150 valence electrons. The van der Waals surface area contributed by atoms with Crippen molar-refractivity contribution >= 4 is 5.97 Å². The molecule has 3 aromatic carbocycles. The molecule has 3 aromatic rings. The van der Waals surface area contributed by atoms with Gasteiger partial charge in [0, 0.05) is 0 Å². The molecule has 0 bridgehead atoms. The van der Waals surface area contributed by atoms with E-state index in [9.17, 15) is 4.79 Å². The molecule has 0 saturated carbocycles. The summed E-state index contributed by atoms with van der Waals surface area (Å²) in [6.45, 7) is 1.32. The Morgan fingerprint density at radius 2 is 1.31 bits per heavy atom. The lowest BCUT2D eigenvalue weighted by Crippen LogP contribution is -2.31. The van der Waals surface area contributed by atoms with Gasteiger partial charge in [0.25, 0.3) is 0 Å². The lowest BCUT2D eigenvalue weighted by atomic mass is 10.2. The molecule has 0 atom stereocenters. The zero-order valence-corrected chi connectivity index (χ0v) is 16.3. The van der Waals surface area contributed by atoms with Crippen molar-refractivity contribution in [2.45, 2.75) is 26.2 Å². The highest BCUT2D eigenvalue weighted by atomic mass is 16.8. The minimum absolute atomic E-state index is 0.321. The molecule has 3 rings (SSSR count). The summed E-state index contributed by atoms with van der Waals surface area (Å²) in [7, 11) is 0. The minimum atomic E-state index is -1.09. The van der Waals surface area contributed by atoms with Crippen LogP contribution < -0.4 is 14.2 Å². The summed E-state index contributed by atoms with van der Waals surface area (Å²) in [6, 6.07) is 25.3. The fourth-order valence-corrected chi connectivity index (χ4v) is 2.52. The van der Waals surface area contributed by atoms with E-state index in [1.165, 1.54) is 0 Å². The van der Waals surface area contributed by atoms with Crippen molar-refractivity contribution in [2.75, 3.05) is 6.61 Å². The van der Waals surface area contributed by atoms with E-state index < -0.39 is 12.4 Å². The van der Waals surface area contributed by atoms with Gasteiger partial charge in [0.1, 0.15) is 22.8 Å². The summed E-state index contributed by atoms with van der Waals surface area (Å²) in [4.78, 5) is 12.5. The van der Waals surface area contributed by atoms with Gasteiger partial charge in [0.15, 0.2) is 0 Å². The highest BCUT2D eigenvalue weighted by Gasteiger charge is 2.20. The van der Waals surface area contributed by atoms with Crippen LogP contribution >= 0.6 is 0 Å². The van der Waals surface area contributed by atoms with E-state index in [-0.39, 0.29) is 0 Å². The largest absolute Gasteiger partial charge is 0.462 e. The Morgan fingerprint density at radius 1 is 0.759 bits per heavy atom. The van der Waals surface area contributed by atoms with E-state index >= 15 is 0 Å². The van der Waals surface area contributed by atoms with E-state index in [0.717, 1.165) is 12.8 Å². The molecular weight excluding hydrogens is 368 g/mol. The normalized spacial score (nSPS) is 10.4.